The topological polar surface area (TPSA) is 126 Å². The maximum absolute atomic E-state index is 12.1. The van der Waals surface area contributed by atoms with E-state index in [-0.39, 0.29) is 31.2 Å². The first-order valence-corrected chi connectivity index (χ1v) is 6.51. The minimum absolute atomic E-state index is 0.0144. The van der Waals surface area contributed by atoms with Crippen molar-refractivity contribution in [2.75, 3.05) is 13.2 Å². The number of ether oxygens (including phenoxy) is 1. The van der Waals surface area contributed by atoms with Gasteiger partial charge in [-0.3, -0.25) is 0 Å². The number of carbonyl (C=O) groups is 1. The van der Waals surface area contributed by atoms with Crippen molar-refractivity contribution in [2.24, 2.45) is 10.9 Å². The second-order valence-corrected chi connectivity index (χ2v) is 4.30. The summed E-state index contributed by atoms with van der Waals surface area (Å²) in [7, 11) is 0. The lowest BCUT2D eigenvalue weighted by molar-refractivity contribution is -0.0498. The van der Waals surface area contributed by atoms with Gasteiger partial charge in [0.2, 0.25) is 0 Å². The molecule has 1 aromatic rings. The van der Waals surface area contributed by atoms with Crippen molar-refractivity contribution >= 4 is 11.9 Å². The minimum atomic E-state index is -2.92. The number of benzene rings is 1. The number of amides is 1. The Kier molecular flexibility index (Phi) is 7.54. The van der Waals surface area contributed by atoms with E-state index in [2.05, 4.69) is 20.0 Å². The molecule has 0 aliphatic carbocycles. The Morgan fingerprint density at radius 2 is 2.00 bits per heavy atom. The lowest BCUT2D eigenvalue weighted by atomic mass is 10.1. The number of hydrogen-bond acceptors (Lipinski definition) is 5. The van der Waals surface area contributed by atoms with Crippen molar-refractivity contribution in [3.8, 4) is 5.75 Å². The van der Waals surface area contributed by atoms with Crippen molar-refractivity contribution in [3.63, 3.8) is 0 Å². The van der Waals surface area contributed by atoms with Crippen LogP contribution in [0.5, 0.6) is 5.75 Å². The first-order chi connectivity index (χ1) is 10.9. The van der Waals surface area contributed by atoms with Crippen molar-refractivity contribution < 1.29 is 33.4 Å². The molecule has 1 aromatic carbocycles. The van der Waals surface area contributed by atoms with E-state index in [1.807, 2.05) is 0 Å². The number of nitrogens with zero attached hydrogens (tertiary/aromatic N) is 1. The van der Waals surface area contributed by atoms with E-state index in [1.165, 1.54) is 24.3 Å². The number of nitrogens with two attached hydrogens (primary N) is 1. The quantitative estimate of drug-likeness (QED) is 0.229. The highest BCUT2D eigenvalue weighted by atomic mass is 19.3. The number of nitrogens with one attached hydrogen (secondary N) is 1. The zero-order chi connectivity index (χ0) is 17.2. The Morgan fingerprint density at radius 1 is 1.35 bits per heavy atom. The van der Waals surface area contributed by atoms with Crippen LogP contribution in [0, 0.1) is 0 Å². The predicted molar refractivity (Wildman–Crippen MR) is 76.4 cm³/mol. The fourth-order valence-electron chi connectivity index (χ4n) is 1.65. The van der Waals surface area contributed by atoms with E-state index in [0.717, 1.165) is 0 Å². The van der Waals surface area contributed by atoms with Crippen LogP contribution < -0.4 is 15.8 Å². The number of hydrogen-bond donors (Lipinski definition) is 4. The SMILES string of the molecule is N/C(=N\OCCO)[C@H](Cc1ccc(OC(F)F)cc1)NC(=O)O. The Bertz CT molecular complexity index is 525. The van der Waals surface area contributed by atoms with Gasteiger partial charge in [-0.1, -0.05) is 17.3 Å². The molecular weight excluding hydrogens is 316 g/mol. The van der Waals surface area contributed by atoms with E-state index in [0.29, 0.717) is 5.56 Å². The van der Waals surface area contributed by atoms with E-state index < -0.39 is 18.7 Å². The smallest absolute Gasteiger partial charge is 0.405 e. The average Bonchev–Trinajstić information content (AvgIpc) is 2.47. The second kappa shape index (κ2) is 9.41. The van der Waals surface area contributed by atoms with Crippen LogP contribution in [0.25, 0.3) is 0 Å². The molecule has 1 atom stereocenters. The van der Waals surface area contributed by atoms with Gasteiger partial charge in [0.15, 0.2) is 5.84 Å². The number of oxime groups is 1. The molecule has 0 heterocycles. The van der Waals surface area contributed by atoms with Crippen molar-refractivity contribution in [2.45, 2.75) is 19.1 Å². The Balaban J connectivity index is 2.76. The lowest BCUT2D eigenvalue weighted by Crippen LogP contribution is -2.45. The summed E-state index contributed by atoms with van der Waals surface area (Å²) in [6, 6.07) is 4.77. The Morgan fingerprint density at radius 3 is 2.52 bits per heavy atom. The molecular formula is C13H17F2N3O5. The van der Waals surface area contributed by atoms with Gasteiger partial charge in [0, 0.05) is 6.42 Å². The standard InChI is InChI=1S/C13H17F2N3O5/c14-12(15)23-9-3-1-8(2-4-9)7-10(17-13(20)21)11(16)18-22-6-5-19/h1-4,10,12,17,19H,5-7H2,(H2,16,18)(H,20,21)/t10-/m0/s1. The molecule has 23 heavy (non-hydrogen) atoms. The van der Waals surface area contributed by atoms with Gasteiger partial charge in [-0.25, -0.2) is 4.79 Å². The van der Waals surface area contributed by atoms with Crippen molar-refractivity contribution in [3.05, 3.63) is 29.8 Å². The molecule has 8 nitrogen and oxygen atoms in total. The van der Waals surface area contributed by atoms with E-state index >= 15 is 0 Å². The molecule has 10 heteroatoms. The van der Waals surface area contributed by atoms with E-state index in [9.17, 15) is 13.6 Å². The van der Waals surface area contributed by atoms with Crippen LogP contribution in [0.1, 0.15) is 5.56 Å². The fourth-order valence-corrected chi connectivity index (χ4v) is 1.65. The predicted octanol–water partition coefficient (Wildman–Crippen LogP) is 0.748. The van der Waals surface area contributed by atoms with Gasteiger partial charge in [-0.15, -0.1) is 0 Å². The zero-order valence-corrected chi connectivity index (χ0v) is 12.0. The highest BCUT2D eigenvalue weighted by molar-refractivity contribution is 5.88. The van der Waals surface area contributed by atoms with Crippen LogP contribution in [0.3, 0.4) is 0 Å². The summed E-state index contributed by atoms with van der Waals surface area (Å²) in [5, 5.41) is 23.1. The molecule has 0 saturated heterocycles. The summed E-state index contributed by atoms with van der Waals surface area (Å²) in [5.41, 5.74) is 6.26. The highest BCUT2D eigenvalue weighted by Crippen LogP contribution is 2.16. The number of amidine groups is 1. The number of halogens is 2. The number of aliphatic hydroxyl groups excluding tert-OH is 1. The Labute approximate surface area is 130 Å². The van der Waals surface area contributed by atoms with Gasteiger partial charge in [0.25, 0.3) is 0 Å². The molecule has 1 amide bonds. The molecule has 128 valence electrons. The van der Waals surface area contributed by atoms with Crippen LogP contribution in [-0.2, 0) is 11.3 Å². The number of alkyl halides is 2. The van der Waals surface area contributed by atoms with Crippen LogP contribution in [0.4, 0.5) is 13.6 Å². The molecule has 1 rings (SSSR count). The molecule has 0 spiro atoms. The summed E-state index contributed by atoms with van der Waals surface area (Å²) in [4.78, 5) is 15.5. The molecule has 0 unspecified atom stereocenters. The van der Waals surface area contributed by atoms with Crippen LogP contribution >= 0.6 is 0 Å². The summed E-state index contributed by atoms with van der Waals surface area (Å²) in [5.74, 6) is -0.145. The number of carboxylic acid groups (broad SMARTS) is 1. The van der Waals surface area contributed by atoms with Crippen molar-refractivity contribution in [1.82, 2.24) is 5.32 Å². The van der Waals surface area contributed by atoms with Crippen LogP contribution in [-0.4, -0.2) is 48.0 Å². The third kappa shape index (κ3) is 7.27. The average molecular weight is 333 g/mol. The summed E-state index contributed by atoms with van der Waals surface area (Å²) in [6.07, 6.45) is -1.19. The Hall–Kier alpha value is -2.62. The zero-order valence-electron chi connectivity index (χ0n) is 12.0. The summed E-state index contributed by atoms with van der Waals surface area (Å²) >= 11 is 0. The van der Waals surface area contributed by atoms with Gasteiger partial charge < -0.3 is 30.8 Å². The molecule has 0 bridgehead atoms. The third-order valence-electron chi connectivity index (χ3n) is 2.60. The van der Waals surface area contributed by atoms with Gasteiger partial charge in [-0.2, -0.15) is 8.78 Å². The van der Waals surface area contributed by atoms with Gasteiger partial charge in [0.1, 0.15) is 12.4 Å². The molecule has 0 fully saturated rings. The molecule has 0 aliphatic heterocycles. The van der Waals surface area contributed by atoms with Crippen LogP contribution in [0.2, 0.25) is 0 Å². The van der Waals surface area contributed by atoms with Gasteiger partial charge >= 0.3 is 12.7 Å². The van der Waals surface area contributed by atoms with Gasteiger partial charge in [0.05, 0.1) is 12.6 Å². The summed E-state index contributed by atoms with van der Waals surface area (Å²) < 4.78 is 28.3. The molecule has 0 radical (unpaired) electrons. The van der Waals surface area contributed by atoms with E-state index in [1.54, 1.807) is 0 Å². The molecule has 0 saturated carbocycles. The molecule has 0 aliphatic rings. The molecule has 5 N–H and O–H groups in total. The fraction of sp³-hybridized carbons (Fsp3) is 0.385. The van der Waals surface area contributed by atoms with Crippen LogP contribution in [0.15, 0.2) is 29.4 Å². The third-order valence-corrected chi connectivity index (χ3v) is 2.60. The summed E-state index contributed by atoms with van der Waals surface area (Å²) in [6.45, 7) is -3.27. The minimum Gasteiger partial charge on any atom is -0.465 e. The molecule has 0 aromatic heterocycles. The lowest BCUT2D eigenvalue weighted by Gasteiger charge is -2.16. The number of aliphatic hydroxyl groups is 1. The van der Waals surface area contributed by atoms with Crippen molar-refractivity contribution in [1.29, 1.82) is 0 Å². The largest absolute Gasteiger partial charge is 0.465 e. The van der Waals surface area contributed by atoms with E-state index in [4.69, 9.17) is 15.9 Å². The first kappa shape index (κ1) is 18.4. The van der Waals surface area contributed by atoms with Gasteiger partial charge in [-0.05, 0) is 17.7 Å². The maximum Gasteiger partial charge on any atom is 0.405 e. The monoisotopic (exact) mass is 333 g/mol. The second-order valence-electron chi connectivity index (χ2n) is 4.30. The first-order valence-electron chi connectivity index (χ1n) is 6.51. The highest BCUT2D eigenvalue weighted by Gasteiger charge is 2.17. The maximum atomic E-state index is 12.1. The normalized spacial score (nSPS) is 12.8. The number of rotatable bonds is 9.